The van der Waals surface area contributed by atoms with E-state index in [0.29, 0.717) is 76.3 Å². The second kappa shape index (κ2) is 11.5. The van der Waals surface area contributed by atoms with Crippen molar-refractivity contribution >= 4 is 22.1 Å². The SMILES string of the molecule is Cc1nnc(-c2c(CCc3ccc(F)cc3)nc3c(c2-c2ccc4c(c2)oc(=O)n4C(C)c2ccc(C#N)c(F)c2)c(=O)n2n3CCC2)o1. The Morgan fingerprint density at radius 1 is 0.939 bits per heavy atom. The highest BCUT2D eigenvalue weighted by atomic mass is 19.1. The molecule has 4 aromatic heterocycles. The molecular formula is C36H27F2N7O4. The second-order valence-corrected chi connectivity index (χ2v) is 12.1. The number of nitriles is 1. The van der Waals surface area contributed by atoms with Gasteiger partial charge >= 0.3 is 5.76 Å². The molecule has 0 amide bonds. The zero-order chi connectivity index (χ0) is 34.0. The minimum absolute atomic E-state index is 0.0921. The molecule has 49 heavy (non-hydrogen) atoms. The summed E-state index contributed by atoms with van der Waals surface area (Å²) in [5.41, 5.74) is 4.48. The van der Waals surface area contributed by atoms with Crippen LogP contribution in [-0.4, -0.2) is 29.1 Å². The van der Waals surface area contributed by atoms with Gasteiger partial charge in [-0.3, -0.25) is 14.0 Å². The van der Waals surface area contributed by atoms with E-state index in [1.165, 1.54) is 28.8 Å². The molecule has 0 radical (unpaired) electrons. The molecule has 3 aromatic carbocycles. The number of aromatic nitrogens is 6. The van der Waals surface area contributed by atoms with Crippen LogP contribution >= 0.6 is 0 Å². The van der Waals surface area contributed by atoms with Crippen LogP contribution in [0.25, 0.3) is 44.7 Å². The molecule has 1 unspecified atom stereocenters. The fraction of sp³-hybridized carbons (Fsp3) is 0.222. The number of oxazole rings is 1. The van der Waals surface area contributed by atoms with Gasteiger partial charge in [-0.1, -0.05) is 24.3 Å². The van der Waals surface area contributed by atoms with E-state index in [4.69, 9.17) is 19.1 Å². The molecule has 8 rings (SSSR count). The smallest absolute Gasteiger partial charge is 0.420 e. The second-order valence-electron chi connectivity index (χ2n) is 12.1. The van der Waals surface area contributed by atoms with Gasteiger partial charge in [0, 0.05) is 25.6 Å². The van der Waals surface area contributed by atoms with Gasteiger partial charge in [0.15, 0.2) is 11.2 Å². The molecule has 0 saturated heterocycles. The summed E-state index contributed by atoms with van der Waals surface area (Å²) in [7, 11) is 0. The van der Waals surface area contributed by atoms with Gasteiger partial charge in [0.25, 0.3) is 5.56 Å². The average Bonchev–Trinajstić information content (AvgIpc) is 3.88. The van der Waals surface area contributed by atoms with Gasteiger partial charge in [-0.15, -0.1) is 10.2 Å². The lowest BCUT2D eigenvalue weighted by atomic mass is 9.93. The number of hydrogen-bond acceptors (Lipinski definition) is 8. The molecule has 0 aliphatic carbocycles. The van der Waals surface area contributed by atoms with E-state index >= 15 is 0 Å². The van der Waals surface area contributed by atoms with E-state index in [-0.39, 0.29) is 28.4 Å². The number of fused-ring (bicyclic) bond motifs is 4. The fourth-order valence-electron chi connectivity index (χ4n) is 6.78. The molecule has 0 spiro atoms. The maximum absolute atomic E-state index is 14.5. The van der Waals surface area contributed by atoms with E-state index in [2.05, 4.69) is 10.2 Å². The van der Waals surface area contributed by atoms with E-state index in [1.54, 1.807) is 54.9 Å². The maximum atomic E-state index is 14.5. The van der Waals surface area contributed by atoms with Gasteiger partial charge < -0.3 is 8.83 Å². The van der Waals surface area contributed by atoms with Crippen LogP contribution in [0.4, 0.5) is 8.78 Å². The highest BCUT2D eigenvalue weighted by Crippen LogP contribution is 2.40. The summed E-state index contributed by atoms with van der Waals surface area (Å²) in [4.78, 5) is 32.4. The largest absolute Gasteiger partial charge is 0.421 e. The van der Waals surface area contributed by atoms with Crippen molar-refractivity contribution < 1.29 is 17.6 Å². The zero-order valence-electron chi connectivity index (χ0n) is 26.4. The third kappa shape index (κ3) is 4.95. The van der Waals surface area contributed by atoms with Gasteiger partial charge in [-0.25, -0.2) is 23.2 Å². The summed E-state index contributed by atoms with van der Waals surface area (Å²) < 4.78 is 44.9. The quantitative estimate of drug-likeness (QED) is 0.201. The van der Waals surface area contributed by atoms with Crippen LogP contribution in [0.3, 0.4) is 0 Å². The molecule has 1 aliphatic heterocycles. The summed E-state index contributed by atoms with van der Waals surface area (Å²) in [6.45, 7) is 4.57. The predicted molar refractivity (Wildman–Crippen MR) is 175 cm³/mol. The number of nitrogens with zero attached hydrogens (tertiary/aromatic N) is 7. The summed E-state index contributed by atoms with van der Waals surface area (Å²) in [6.07, 6.45) is 1.73. The Morgan fingerprint density at radius 2 is 1.73 bits per heavy atom. The molecular weight excluding hydrogens is 632 g/mol. The Labute approximate surface area is 276 Å². The van der Waals surface area contributed by atoms with Crippen LogP contribution in [0.1, 0.15) is 47.7 Å². The topological polar surface area (TPSA) is 138 Å². The van der Waals surface area contributed by atoms with Crippen molar-refractivity contribution in [2.45, 2.75) is 52.2 Å². The van der Waals surface area contributed by atoms with Crippen molar-refractivity contribution in [3.63, 3.8) is 0 Å². The van der Waals surface area contributed by atoms with Gasteiger partial charge in [0.1, 0.15) is 17.7 Å². The minimum atomic E-state index is -0.679. The molecule has 0 bridgehead atoms. The molecule has 1 aliphatic rings. The van der Waals surface area contributed by atoms with Crippen molar-refractivity contribution in [1.82, 2.24) is 29.1 Å². The highest BCUT2D eigenvalue weighted by Gasteiger charge is 2.30. The Balaban J connectivity index is 1.34. The summed E-state index contributed by atoms with van der Waals surface area (Å²) >= 11 is 0. The fourth-order valence-corrected chi connectivity index (χ4v) is 6.78. The van der Waals surface area contributed by atoms with E-state index in [1.807, 2.05) is 10.8 Å². The van der Waals surface area contributed by atoms with Crippen molar-refractivity contribution in [3.8, 4) is 28.7 Å². The monoisotopic (exact) mass is 659 g/mol. The Bertz CT molecular complexity index is 2600. The van der Waals surface area contributed by atoms with Crippen LogP contribution in [0.15, 0.2) is 79.1 Å². The summed E-state index contributed by atoms with van der Waals surface area (Å²) in [5.74, 6) is -1.15. The van der Waals surface area contributed by atoms with E-state index in [9.17, 15) is 18.4 Å². The van der Waals surface area contributed by atoms with Gasteiger partial charge in [0.05, 0.1) is 33.8 Å². The molecule has 7 aromatic rings. The lowest BCUT2D eigenvalue weighted by molar-refractivity contribution is 0.488. The number of rotatable bonds is 7. The third-order valence-electron chi connectivity index (χ3n) is 9.17. The van der Waals surface area contributed by atoms with E-state index in [0.717, 1.165) is 12.0 Å². The van der Waals surface area contributed by atoms with Crippen LogP contribution in [0, 0.1) is 29.9 Å². The third-order valence-corrected chi connectivity index (χ3v) is 9.17. The van der Waals surface area contributed by atoms with Crippen LogP contribution in [-0.2, 0) is 25.9 Å². The van der Waals surface area contributed by atoms with Gasteiger partial charge in [-0.2, -0.15) is 5.26 Å². The first-order chi connectivity index (χ1) is 23.7. The van der Waals surface area contributed by atoms with Crippen LogP contribution in [0.2, 0.25) is 0 Å². The van der Waals surface area contributed by atoms with Gasteiger partial charge in [0.2, 0.25) is 11.8 Å². The van der Waals surface area contributed by atoms with E-state index < -0.39 is 17.6 Å². The molecule has 13 heteroatoms. The standard InChI is InChI=1S/C36H27F2N7O4/c1-19(22-7-8-24(18-39)26(38)16-22)45-28-13-9-23(17-29(28)49-36(45)47)30-31(34-42-41-20(2)48-34)27(12-6-21-4-10-25(37)11-5-21)40-33-32(30)35(46)44-15-3-14-43(33)44/h4-5,7-11,13,16-17,19H,3,6,12,14-15H2,1-2H3. The molecule has 244 valence electrons. The van der Waals surface area contributed by atoms with Crippen LogP contribution in [0.5, 0.6) is 0 Å². The molecule has 1 atom stereocenters. The molecule has 11 nitrogen and oxygen atoms in total. The first kappa shape index (κ1) is 30.2. The average molecular weight is 660 g/mol. The first-order valence-electron chi connectivity index (χ1n) is 15.8. The first-order valence-corrected chi connectivity index (χ1v) is 15.8. The summed E-state index contributed by atoms with van der Waals surface area (Å²) in [5, 5.41) is 17.9. The number of hydrogen-bond donors (Lipinski definition) is 0. The Hall–Kier alpha value is -6.16. The van der Waals surface area contributed by atoms with Crippen molar-refractivity contribution in [2.75, 3.05) is 0 Å². The normalized spacial score (nSPS) is 13.3. The number of benzene rings is 3. The molecule has 0 fully saturated rings. The number of pyridine rings is 1. The van der Waals surface area contributed by atoms with Crippen molar-refractivity contribution in [1.29, 1.82) is 5.26 Å². The van der Waals surface area contributed by atoms with Crippen molar-refractivity contribution in [2.24, 2.45) is 0 Å². The highest BCUT2D eigenvalue weighted by molar-refractivity contribution is 6.02. The van der Waals surface area contributed by atoms with Gasteiger partial charge in [-0.05, 0) is 79.3 Å². The number of aryl methyl sites for hydroxylation is 4. The zero-order valence-corrected chi connectivity index (χ0v) is 26.4. The van der Waals surface area contributed by atoms with Crippen molar-refractivity contribution in [3.05, 3.63) is 121 Å². The lowest BCUT2D eigenvalue weighted by Crippen LogP contribution is -2.19. The molecule has 5 heterocycles. The predicted octanol–water partition coefficient (Wildman–Crippen LogP) is 6.08. The number of halogens is 2. The van der Waals surface area contributed by atoms with Crippen LogP contribution < -0.4 is 11.3 Å². The Kier molecular flexibility index (Phi) is 7.10. The minimum Gasteiger partial charge on any atom is -0.421 e. The lowest BCUT2D eigenvalue weighted by Gasteiger charge is -2.15. The summed E-state index contributed by atoms with van der Waals surface area (Å²) in [6, 6.07) is 16.9. The molecule has 0 N–H and O–H groups in total. The Morgan fingerprint density at radius 3 is 2.47 bits per heavy atom. The molecule has 0 saturated carbocycles. The maximum Gasteiger partial charge on any atom is 0.420 e.